The molecule has 0 bridgehead atoms. The molecule has 0 unspecified atom stereocenters. The van der Waals surface area contributed by atoms with Crippen LogP contribution in [0.3, 0.4) is 0 Å². The van der Waals surface area contributed by atoms with E-state index in [1.807, 2.05) is 13.8 Å². The molecule has 0 aromatic carbocycles. The summed E-state index contributed by atoms with van der Waals surface area (Å²) >= 11 is 0. The first-order valence-electron chi connectivity index (χ1n) is 5.68. The van der Waals surface area contributed by atoms with E-state index in [1.54, 1.807) is 24.4 Å². The molecule has 96 valence electrons. The van der Waals surface area contributed by atoms with Crippen LogP contribution in [0, 0.1) is 0 Å². The zero-order chi connectivity index (χ0) is 13.4. The van der Waals surface area contributed by atoms with E-state index in [0.717, 1.165) is 6.42 Å². The molecule has 0 spiro atoms. The summed E-state index contributed by atoms with van der Waals surface area (Å²) in [6.45, 7) is 3.74. The third-order valence-corrected chi connectivity index (χ3v) is 2.25. The van der Waals surface area contributed by atoms with Crippen molar-refractivity contribution in [1.29, 1.82) is 0 Å². The standard InChI is InChI=1S/C12H16N4O2/c1-3-9(2)15-11(17)12(18)16-14-8-10-6-4-5-7-13-10/h4-9H,3H2,1-2H3,(H,15,17)(H,16,18)/b14-8-/t9-/m0/s1. The van der Waals surface area contributed by atoms with Crippen molar-refractivity contribution in [1.82, 2.24) is 15.7 Å². The van der Waals surface area contributed by atoms with Gasteiger partial charge in [-0.15, -0.1) is 0 Å². The highest BCUT2D eigenvalue weighted by atomic mass is 16.2. The maximum absolute atomic E-state index is 11.3. The largest absolute Gasteiger partial charge is 0.345 e. The van der Waals surface area contributed by atoms with Crippen molar-refractivity contribution in [2.75, 3.05) is 0 Å². The van der Waals surface area contributed by atoms with Crippen molar-refractivity contribution in [2.45, 2.75) is 26.3 Å². The first-order chi connectivity index (χ1) is 8.63. The predicted molar refractivity (Wildman–Crippen MR) is 67.9 cm³/mol. The molecule has 6 nitrogen and oxygen atoms in total. The highest BCUT2D eigenvalue weighted by Gasteiger charge is 2.14. The summed E-state index contributed by atoms with van der Waals surface area (Å²) in [5.74, 6) is -1.48. The van der Waals surface area contributed by atoms with E-state index in [9.17, 15) is 9.59 Å². The van der Waals surface area contributed by atoms with Crippen molar-refractivity contribution in [3.8, 4) is 0 Å². The average molecular weight is 248 g/mol. The van der Waals surface area contributed by atoms with Crippen LogP contribution in [0.2, 0.25) is 0 Å². The molecule has 1 atom stereocenters. The van der Waals surface area contributed by atoms with Gasteiger partial charge in [0.25, 0.3) is 0 Å². The number of amides is 2. The van der Waals surface area contributed by atoms with E-state index >= 15 is 0 Å². The Hall–Kier alpha value is -2.24. The number of aromatic nitrogens is 1. The van der Waals surface area contributed by atoms with E-state index in [1.165, 1.54) is 6.21 Å². The molecule has 0 fully saturated rings. The van der Waals surface area contributed by atoms with Gasteiger partial charge < -0.3 is 5.32 Å². The van der Waals surface area contributed by atoms with Crippen molar-refractivity contribution < 1.29 is 9.59 Å². The maximum atomic E-state index is 11.3. The highest BCUT2D eigenvalue weighted by Crippen LogP contribution is 1.88. The number of nitrogens with zero attached hydrogens (tertiary/aromatic N) is 2. The van der Waals surface area contributed by atoms with E-state index in [4.69, 9.17) is 0 Å². The first kappa shape index (κ1) is 13.8. The van der Waals surface area contributed by atoms with Crippen LogP contribution in [0.25, 0.3) is 0 Å². The number of hydrazone groups is 1. The molecule has 0 aliphatic heterocycles. The minimum Gasteiger partial charge on any atom is -0.345 e. The number of nitrogens with one attached hydrogen (secondary N) is 2. The Kier molecular flexibility index (Phi) is 5.50. The fourth-order valence-corrected chi connectivity index (χ4v) is 1.05. The monoisotopic (exact) mass is 248 g/mol. The summed E-state index contributed by atoms with van der Waals surface area (Å²) in [6.07, 6.45) is 3.74. The average Bonchev–Trinajstić information content (AvgIpc) is 2.39. The Morgan fingerprint density at radius 2 is 2.22 bits per heavy atom. The molecule has 18 heavy (non-hydrogen) atoms. The van der Waals surface area contributed by atoms with Gasteiger partial charge in [0, 0.05) is 12.2 Å². The number of carbonyl (C=O) groups is 2. The third-order valence-electron chi connectivity index (χ3n) is 2.25. The molecule has 0 aliphatic rings. The molecule has 2 N–H and O–H groups in total. The molecule has 1 rings (SSSR count). The van der Waals surface area contributed by atoms with Crippen molar-refractivity contribution >= 4 is 18.0 Å². The summed E-state index contributed by atoms with van der Waals surface area (Å²) in [7, 11) is 0. The second-order valence-corrected chi connectivity index (χ2v) is 3.74. The van der Waals surface area contributed by atoms with Gasteiger partial charge in [0.2, 0.25) is 0 Å². The van der Waals surface area contributed by atoms with Gasteiger partial charge in [-0.25, -0.2) is 5.43 Å². The molecule has 0 saturated heterocycles. The van der Waals surface area contributed by atoms with Crippen LogP contribution in [-0.2, 0) is 9.59 Å². The number of rotatable bonds is 4. The van der Waals surface area contributed by atoms with Gasteiger partial charge in [-0.2, -0.15) is 5.10 Å². The zero-order valence-electron chi connectivity index (χ0n) is 10.4. The van der Waals surface area contributed by atoms with Crippen LogP contribution < -0.4 is 10.7 Å². The summed E-state index contributed by atoms with van der Waals surface area (Å²) in [5, 5.41) is 6.19. The predicted octanol–water partition coefficient (Wildman–Crippen LogP) is 0.446. The van der Waals surface area contributed by atoms with E-state index in [2.05, 4.69) is 20.8 Å². The van der Waals surface area contributed by atoms with Crippen LogP contribution in [-0.4, -0.2) is 29.1 Å². The fourth-order valence-electron chi connectivity index (χ4n) is 1.05. The number of carbonyl (C=O) groups excluding carboxylic acids is 2. The van der Waals surface area contributed by atoms with E-state index in [-0.39, 0.29) is 6.04 Å². The Balaban J connectivity index is 2.41. The smallest absolute Gasteiger partial charge is 0.329 e. The Labute approximate surface area is 105 Å². The third kappa shape index (κ3) is 4.73. The summed E-state index contributed by atoms with van der Waals surface area (Å²) in [6, 6.07) is 5.26. The normalized spacial score (nSPS) is 12.1. The molecular weight excluding hydrogens is 232 g/mol. The van der Waals surface area contributed by atoms with Crippen LogP contribution in [0.15, 0.2) is 29.5 Å². The van der Waals surface area contributed by atoms with Gasteiger partial charge in [-0.3, -0.25) is 14.6 Å². The Morgan fingerprint density at radius 1 is 1.44 bits per heavy atom. The first-order valence-corrected chi connectivity index (χ1v) is 5.68. The van der Waals surface area contributed by atoms with Gasteiger partial charge in [-0.1, -0.05) is 13.0 Å². The highest BCUT2D eigenvalue weighted by molar-refractivity contribution is 6.35. The lowest BCUT2D eigenvalue weighted by Gasteiger charge is -2.09. The van der Waals surface area contributed by atoms with Crippen LogP contribution in [0.4, 0.5) is 0 Å². The lowest BCUT2D eigenvalue weighted by atomic mass is 10.2. The molecule has 0 saturated carbocycles. The lowest BCUT2D eigenvalue weighted by molar-refractivity contribution is -0.139. The molecule has 1 aromatic rings. The molecule has 0 aliphatic carbocycles. The molecule has 1 aromatic heterocycles. The number of hydrogen-bond donors (Lipinski definition) is 2. The summed E-state index contributed by atoms with van der Waals surface area (Å²) in [4.78, 5) is 26.7. The van der Waals surface area contributed by atoms with Gasteiger partial charge in [0.15, 0.2) is 0 Å². The molecule has 1 heterocycles. The van der Waals surface area contributed by atoms with E-state index in [0.29, 0.717) is 5.69 Å². The van der Waals surface area contributed by atoms with Gasteiger partial charge >= 0.3 is 11.8 Å². The quantitative estimate of drug-likeness (QED) is 0.461. The topological polar surface area (TPSA) is 83.5 Å². The Bertz CT molecular complexity index is 431. The number of hydrogen-bond acceptors (Lipinski definition) is 4. The molecule has 2 amide bonds. The maximum Gasteiger partial charge on any atom is 0.329 e. The number of pyridine rings is 1. The zero-order valence-corrected chi connectivity index (χ0v) is 10.4. The van der Waals surface area contributed by atoms with Crippen molar-refractivity contribution in [2.24, 2.45) is 5.10 Å². The summed E-state index contributed by atoms with van der Waals surface area (Å²) in [5.41, 5.74) is 2.74. The van der Waals surface area contributed by atoms with Crippen molar-refractivity contribution in [3.05, 3.63) is 30.1 Å². The SMILES string of the molecule is CC[C@H](C)NC(=O)C(=O)N/N=C\c1ccccn1. The fraction of sp³-hybridized carbons (Fsp3) is 0.333. The molecular formula is C12H16N4O2. The lowest BCUT2D eigenvalue weighted by Crippen LogP contribution is -2.41. The molecule has 0 radical (unpaired) electrons. The van der Waals surface area contributed by atoms with Gasteiger partial charge in [0.1, 0.15) is 0 Å². The van der Waals surface area contributed by atoms with Crippen LogP contribution in [0.5, 0.6) is 0 Å². The van der Waals surface area contributed by atoms with Crippen molar-refractivity contribution in [3.63, 3.8) is 0 Å². The molecule has 6 heteroatoms. The Morgan fingerprint density at radius 3 is 2.83 bits per heavy atom. The second kappa shape index (κ2) is 7.16. The van der Waals surface area contributed by atoms with E-state index < -0.39 is 11.8 Å². The van der Waals surface area contributed by atoms with Crippen LogP contribution >= 0.6 is 0 Å². The minimum absolute atomic E-state index is 0.0389. The second-order valence-electron chi connectivity index (χ2n) is 3.74. The van der Waals surface area contributed by atoms with Gasteiger partial charge in [-0.05, 0) is 25.5 Å². The van der Waals surface area contributed by atoms with Gasteiger partial charge in [0.05, 0.1) is 11.9 Å². The van der Waals surface area contributed by atoms with Crippen LogP contribution in [0.1, 0.15) is 26.0 Å². The summed E-state index contributed by atoms with van der Waals surface area (Å²) < 4.78 is 0. The minimum atomic E-state index is -0.789.